The molecule has 1 fully saturated rings. The average Bonchev–Trinajstić information content (AvgIpc) is 2.79. The Hall–Kier alpha value is -3.28. The second kappa shape index (κ2) is 9.48. The molecule has 0 atom stereocenters. The molecule has 0 spiro atoms. The first kappa shape index (κ1) is 20.0. The van der Waals surface area contributed by atoms with Crippen LogP contribution in [0.15, 0.2) is 54.6 Å². The third kappa shape index (κ3) is 4.64. The summed E-state index contributed by atoms with van der Waals surface area (Å²) in [6.07, 6.45) is 3.67. The first-order valence-electron chi connectivity index (χ1n) is 10.5. The molecule has 6 nitrogen and oxygen atoms in total. The third-order valence-electron chi connectivity index (χ3n) is 5.17. The molecule has 1 aliphatic rings. The Morgan fingerprint density at radius 1 is 0.967 bits per heavy atom. The quantitative estimate of drug-likeness (QED) is 0.620. The number of anilines is 2. The van der Waals surface area contributed by atoms with Gasteiger partial charge in [0.25, 0.3) is 5.91 Å². The summed E-state index contributed by atoms with van der Waals surface area (Å²) in [6, 6.07) is 17.3. The number of pyridine rings is 1. The summed E-state index contributed by atoms with van der Waals surface area (Å²) in [5.74, 6) is 1.98. The minimum Gasteiger partial charge on any atom is -0.492 e. The van der Waals surface area contributed by atoms with E-state index < -0.39 is 0 Å². The lowest BCUT2D eigenvalue weighted by molar-refractivity contribution is -0.118. The first-order chi connectivity index (χ1) is 14.7. The number of rotatable bonds is 7. The molecule has 2 heterocycles. The van der Waals surface area contributed by atoms with Gasteiger partial charge in [0.1, 0.15) is 22.8 Å². The Labute approximate surface area is 176 Å². The summed E-state index contributed by atoms with van der Waals surface area (Å²) >= 11 is 0. The van der Waals surface area contributed by atoms with Crippen LogP contribution in [0.5, 0.6) is 11.5 Å². The minimum atomic E-state index is -0.244. The summed E-state index contributed by atoms with van der Waals surface area (Å²) in [5, 5.41) is 3.85. The second-order valence-corrected chi connectivity index (χ2v) is 7.31. The SMILES string of the molecule is CCOc1ccccc1NC(=O)COc1cccc2ccc(N3CCCCC3)nc12. The molecule has 1 N–H and O–H groups in total. The highest BCUT2D eigenvalue weighted by atomic mass is 16.5. The highest BCUT2D eigenvalue weighted by Gasteiger charge is 2.14. The predicted octanol–water partition coefficient (Wildman–Crippen LogP) is 4.64. The van der Waals surface area contributed by atoms with Gasteiger partial charge in [-0.1, -0.05) is 24.3 Å². The fourth-order valence-corrected chi connectivity index (χ4v) is 3.71. The lowest BCUT2D eigenvalue weighted by Gasteiger charge is -2.28. The standard InChI is InChI=1S/C24H27N3O3/c1-2-29-20-11-5-4-10-19(20)25-23(28)17-30-21-12-8-9-18-13-14-22(26-24(18)21)27-15-6-3-7-16-27/h4-5,8-14H,2-3,6-7,15-17H2,1H3,(H,25,28). The van der Waals surface area contributed by atoms with E-state index in [-0.39, 0.29) is 12.5 Å². The van der Waals surface area contributed by atoms with Crippen molar-refractivity contribution in [3.05, 3.63) is 54.6 Å². The zero-order chi connectivity index (χ0) is 20.8. The number of para-hydroxylation sites is 3. The van der Waals surface area contributed by atoms with Gasteiger partial charge in [0, 0.05) is 18.5 Å². The molecule has 0 aliphatic carbocycles. The monoisotopic (exact) mass is 405 g/mol. The van der Waals surface area contributed by atoms with E-state index in [0.29, 0.717) is 23.8 Å². The molecule has 0 saturated carbocycles. The third-order valence-corrected chi connectivity index (χ3v) is 5.17. The first-order valence-corrected chi connectivity index (χ1v) is 10.5. The summed E-state index contributed by atoms with van der Waals surface area (Å²) in [7, 11) is 0. The summed E-state index contributed by atoms with van der Waals surface area (Å²) < 4.78 is 11.4. The number of aromatic nitrogens is 1. The molecule has 4 rings (SSSR count). The van der Waals surface area contributed by atoms with Gasteiger partial charge in [0.05, 0.1) is 12.3 Å². The van der Waals surface area contributed by atoms with E-state index in [1.807, 2.05) is 49.4 Å². The predicted molar refractivity (Wildman–Crippen MR) is 120 cm³/mol. The summed E-state index contributed by atoms with van der Waals surface area (Å²) in [4.78, 5) is 19.6. The topological polar surface area (TPSA) is 63.7 Å². The number of nitrogens with zero attached hydrogens (tertiary/aromatic N) is 2. The zero-order valence-electron chi connectivity index (χ0n) is 17.3. The van der Waals surface area contributed by atoms with Gasteiger partial charge in [0.2, 0.25) is 0 Å². The van der Waals surface area contributed by atoms with Crippen LogP contribution in [0.1, 0.15) is 26.2 Å². The highest BCUT2D eigenvalue weighted by Crippen LogP contribution is 2.28. The highest BCUT2D eigenvalue weighted by molar-refractivity contribution is 5.94. The van der Waals surface area contributed by atoms with Crippen LogP contribution < -0.4 is 19.7 Å². The maximum absolute atomic E-state index is 12.5. The maximum atomic E-state index is 12.5. The number of hydrogen-bond donors (Lipinski definition) is 1. The fourth-order valence-electron chi connectivity index (χ4n) is 3.71. The summed E-state index contributed by atoms with van der Waals surface area (Å²) in [6.45, 7) is 4.40. The lowest BCUT2D eigenvalue weighted by Crippen LogP contribution is -2.30. The molecule has 0 unspecified atom stereocenters. The van der Waals surface area contributed by atoms with Gasteiger partial charge in [-0.2, -0.15) is 0 Å². The van der Waals surface area contributed by atoms with Gasteiger partial charge in [-0.15, -0.1) is 0 Å². The molecular formula is C24H27N3O3. The van der Waals surface area contributed by atoms with Crippen LogP contribution >= 0.6 is 0 Å². The smallest absolute Gasteiger partial charge is 0.262 e. The van der Waals surface area contributed by atoms with Crippen LogP contribution in [-0.4, -0.2) is 37.2 Å². The molecule has 1 saturated heterocycles. The van der Waals surface area contributed by atoms with Crippen LogP contribution in [0, 0.1) is 0 Å². The number of fused-ring (bicyclic) bond motifs is 1. The van der Waals surface area contributed by atoms with Crippen molar-refractivity contribution in [1.29, 1.82) is 0 Å². The molecule has 0 radical (unpaired) electrons. The van der Waals surface area contributed by atoms with Crippen LogP contribution in [0.2, 0.25) is 0 Å². The summed E-state index contributed by atoms with van der Waals surface area (Å²) in [5.41, 5.74) is 1.42. The molecule has 3 aromatic rings. The molecule has 6 heteroatoms. The Balaban J connectivity index is 1.47. The molecule has 0 bridgehead atoms. The van der Waals surface area contributed by atoms with E-state index >= 15 is 0 Å². The molecule has 156 valence electrons. The largest absolute Gasteiger partial charge is 0.492 e. The molecule has 30 heavy (non-hydrogen) atoms. The number of piperidine rings is 1. The van der Waals surface area contributed by atoms with Crippen LogP contribution in [0.25, 0.3) is 10.9 Å². The van der Waals surface area contributed by atoms with E-state index in [9.17, 15) is 4.79 Å². The van der Waals surface area contributed by atoms with E-state index in [1.165, 1.54) is 19.3 Å². The van der Waals surface area contributed by atoms with E-state index in [4.69, 9.17) is 14.5 Å². The van der Waals surface area contributed by atoms with Gasteiger partial charge in [-0.3, -0.25) is 4.79 Å². The van der Waals surface area contributed by atoms with Crippen molar-refractivity contribution in [3.63, 3.8) is 0 Å². The number of carbonyl (C=O) groups is 1. The molecule has 1 amide bonds. The molecular weight excluding hydrogens is 378 g/mol. The van der Waals surface area contributed by atoms with Crippen molar-refractivity contribution >= 4 is 28.3 Å². The fraction of sp³-hybridized carbons (Fsp3) is 0.333. The van der Waals surface area contributed by atoms with Gasteiger partial charge >= 0.3 is 0 Å². The normalized spacial score (nSPS) is 13.8. The zero-order valence-corrected chi connectivity index (χ0v) is 17.3. The van der Waals surface area contributed by atoms with Crippen molar-refractivity contribution in [2.24, 2.45) is 0 Å². The van der Waals surface area contributed by atoms with Crippen molar-refractivity contribution in [2.45, 2.75) is 26.2 Å². The minimum absolute atomic E-state index is 0.102. The number of amides is 1. The molecule has 1 aromatic heterocycles. The van der Waals surface area contributed by atoms with Gasteiger partial charge in [0.15, 0.2) is 6.61 Å². The number of nitrogens with one attached hydrogen (secondary N) is 1. The van der Waals surface area contributed by atoms with Crippen LogP contribution in [0.4, 0.5) is 11.5 Å². The van der Waals surface area contributed by atoms with Gasteiger partial charge in [-0.25, -0.2) is 4.98 Å². The van der Waals surface area contributed by atoms with E-state index in [0.717, 1.165) is 29.8 Å². The van der Waals surface area contributed by atoms with Crippen molar-refractivity contribution in [2.75, 3.05) is 36.5 Å². The number of ether oxygens (including phenoxy) is 2. The van der Waals surface area contributed by atoms with E-state index in [1.54, 1.807) is 0 Å². The number of hydrogen-bond acceptors (Lipinski definition) is 5. The number of benzene rings is 2. The Morgan fingerprint density at radius 2 is 1.77 bits per heavy atom. The van der Waals surface area contributed by atoms with Crippen molar-refractivity contribution in [3.8, 4) is 11.5 Å². The Morgan fingerprint density at radius 3 is 2.60 bits per heavy atom. The van der Waals surface area contributed by atoms with Gasteiger partial charge in [-0.05, 0) is 56.5 Å². The van der Waals surface area contributed by atoms with Gasteiger partial charge < -0.3 is 19.7 Å². The average molecular weight is 405 g/mol. The maximum Gasteiger partial charge on any atom is 0.262 e. The van der Waals surface area contributed by atoms with Crippen LogP contribution in [0.3, 0.4) is 0 Å². The Bertz CT molecular complexity index is 1020. The van der Waals surface area contributed by atoms with E-state index in [2.05, 4.69) is 22.3 Å². The second-order valence-electron chi connectivity index (χ2n) is 7.31. The Kier molecular flexibility index (Phi) is 6.32. The van der Waals surface area contributed by atoms with Crippen molar-refractivity contribution < 1.29 is 14.3 Å². The molecule has 2 aromatic carbocycles. The number of carbonyl (C=O) groups excluding carboxylic acids is 1. The van der Waals surface area contributed by atoms with Crippen molar-refractivity contribution in [1.82, 2.24) is 4.98 Å². The lowest BCUT2D eigenvalue weighted by atomic mass is 10.1. The molecule has 1 aliphatic heterocycles. The van der Waals surface area contributed by atoms with Crippen LogP contribution in [-0.2, 0) is 4.79 Å².